The van der Waals surface area contributed by atoms with Crippen LogP contribution in [0.5, 0.6) is 0 Å². The number of hydrogen-bond donors (Lipinski definition) is 2. The lowest BCUT2D eigenvalue weighted by atomic mass is 10.1. The molecule has 0 amide bonds. The molecule has 1 atom stereocenters. The summed E-state index contributed by atoms with van der Waals surface area (Å²) in [6.07, 6.45) is -0.772. The molecule has 1 rings (SSSR count). The highest BCUT2D eigenvalue weighted by Gasteiger charge is 2.31. The van der Waals surface area contributed by atoms with E-state index < -0.39 is 18.0 Å². The molecule has 0 aliphatic heterocycles. The zero-order chi connectivity index (χ0) is 13.9. The average Bonchev–Trinajstić information content (AvgIpc) is 2.68. The number of aromatic carboxylic acids is 1. The van der Waals surface area contributed by atoms with Gasteiger partial charge >= 0.3 is 11.9 Å². The van der Waals surface area contributed by atoms with Crippen LogP contribution in [0.2, 0.25) is 0 Å². The zero-order valence-corrected chi connectivity index (χ0v) is 10.5. The molecule has 0 aliphatic carbocycles. The van der Waals surface area contributed by atoms with E-state index in [0.29, 0.717) is 6.42 Å². The summed E-state index contributed by atoms with van der Waals surface area (Å²) in [4.78, 5) is 23.0. The Morgan fingerprint density at radius 3 is 2.33 bits per heavy atom. The molecule has 0 saturated carbocycles. The molecule has 0 radical (unpaired) electrons. The van der Waals surface area contributed by atoms with E-state index in [0.717, 1.165) is 0 Å². The van der Waals surface area contributed by atoms with Gasteiger partial charge in [0.15, 0.2) is 0 Å². The maximum atomic E-state index is 11.8. The van der Waals surface area contributed by atoms with E-state index >= 15 is 0 Å². The quantitative estimate of drug-likeness (QED) is 0.779. The molecule has 2 N–H and O–H groups in total. The van der Waals surface area contributed by atoms with Crippen molar-refractivity contribution in [3.8, 4) is 0 Å². The third-order valence-electron chi connectivity index (χ3n) is 2.40. The van der Waals surface area contributed by atoms with Crippen LogP contribution in [0.1, 0.15) is 59.1 Å². The van der Waals surface area contributed by atoms with Gasteiger partial charge in [0.1, 0.15) is 28.8 Å². The van der Waals surface area contributed by atoms with Gasteiger partial charge in [0.2, 0.25) is 0 Å². The van der Waals surface area contributed by atoms with Crippen molar-refractivity contribution in [2.45, 2.75) is 33.3 Å². The molecular formula is C12H16O6. The number of furan rings is 1. The summed E-state index contributed by atoms with van der Waals surface area (Å²) in [5, 5.41) is 18.6. The number of esters is 1. The fraction of sp³-hybridized carbons (Fsp3) is 0.500. The summed E-state index contributed by atoms with van der Waals surface area (Å²) in [6.45, 7) is 4.86. The molecule has 6 heteroatoms. The Morgan fingerprint density at radius 1 is 1.33 bits per heavy atom. The normalized spacial score (nSPS) is 12.2. The number of aliphatic hydroxyl groups excluding tert-OH is 1. The maximum Gasteiger partial charge on any atom is 0.342 e. The minimum absolute atomic E-state index is 0.109. The van der Waals surface area contributed by atoms with Crippen molar-refractivity contribution in [3.63, 3.8) is 0 Å². The van der Waals surface area contributed by atoms with Gasteiger partial charge in [0.05, 0.1) is 6.61 Å². The van der Waals surface area contributed by atoms with Gasteiger partial charge in [-0.3, -0.25) is 0 Å². The smallest absolute Gasteiger partial charge is 0.342 e. The molecule has 0 aromatic carbocycles. The first-order chi connectivity index (χ1) is 8.43. The summed E-state index contributed by atoms with van der Waals surface area (Å²) in [6, 6.07) is 0. The van der Waals surface area contributed by atoms with E-state index in [4.69, 9.17) is 14.3 Å². The third-order valence-corrected chi connectivity index (χ3v) is 2.40. The summed E-state index contributed by atoms with van der Waals surface area (Å²) in [5.74, 6) is -1.98. The highest BCUT2D eigenvalue weighted by atomic mass is 16.5. The molecule has 1 unspecified atom stereocenters. The molecule has 0 saturated heterocycles. The predicted molar refractivity (Wildman–Crippen MR) is 61.6 cm³/mol. The van der Waals surface area contributed by atoms with Gasteiger partial charge in [0, 0.05) is 6.42 Å². The van der Waals surface area contributed by atoms with Crippen molar-refractivity contribution in [3.05, 3.63) is 22.6 Å². The molecule has 18 heavy (non-hydrogen) atoms. The highest BCUT2D eigenvalue weighted by molar-refractivity contribution is 6.04. The Morgan fingerprint density at radius 2 is 1.94 bits per heavy atom. The lowest BCUT2D eigenvalue weighted by Gasteiger charge is -2.03. The number of carboxylic acids is 1. The fourth-order valence-corrected chi connectivity index (χ4v) is 1.67. The van der Waals surface area contributed by atoms with E-state index in [2.05, 4.69) is 0 Å². The molecule has 1 aromatic rings. The van der Waals surface area contributed by atoms with Crippen molar-refractivity contribution >= 4 is 11.9 Å². The second-order valence-corrected chi connectivity index (χ2v) is 3.69. The van der Waals surface area contributed by atoms with Crippen LogP contribution in [0.15, 0.2) is 4.42 Å². The number of hydrogen-bond acceptors (Lipinski definition) is 5. The average molecular weight is 256 g/mol. The van der Waals surface area contributed by atoms with Gasteiger partial charge < -0.3 is 19.4 Å². The van der Waals surface area contributed by atoms with E-state index in [-0.39, 0.29) is 29.3 Å². The standard InChI is InChI=1S/C12H16O6/c1-4-7-8(12(16)17-5-2)9(11(14)15)10(18-7)6(3)13/h6,13H,4-5H2,1-3H3,(H,14,15). The Bertz CT molecular complexity index is 457. The number of carbonyl (C=O) groups excluding carboxylic acids is 1. The van der Waals surface area contributed by atoms with Crippen LogP contribution in [0.4, 0.5) is 0 Å². The van der Waals surface area contributed by atoms with Gasteiger partial charge in [-0.05, 0) is 13.8 Å². The first kappa shape index (κ1) is 14.2. The minimum Gasteiger partial charge on any atom is -0.478 e. The maximum absolute atomic E-state index is 11.8. The molecule has 1 heterocycles. The summed E-state index contributed by atoms with van der Waals surface area (Å²) in [7, 11) is 0. The molecule has 0 spiro atoms. The SMILES string of the molecule is CCOC(=O)c1c(CC)oc(C(C)O)c1C(=O)O. The topological polar surface area (TPSA) is 97.0 Å². The van der Waals surface area contributed by atoms with E-state index in [1.165, 1.54) is 6.92 Å². The van der Waals surface area contributed by atoms with Gasteiger partial charge in [0.25, 0.3) is 0 Å². The van der Waals surface area contributed by atoms with Crippen LogP contribution < -0.4 is 0 Å². The molecule has 6 nitrogen and oxygen atoms in total. The van der Waals surface area contributed by atoms with Crippen LogP contribution in [0, 0.1) is 0 Å². The van der Waals surface area contributed by atoms with Gasteiger partial charge in [-0.15, -0.1) is 0 Å². The Kier molecular flexibility index (Phi) is 4.49. The molecular weight excluding hydrogens is 240 g/mol. The number of rotatable bonds is 5. The van der Waals surface area contributed by atoms with Crippen molar-refractivity contribution in [2.24, 2.45) is 0 Å². The lowest BCUT2D eigenvalue weighted by molar-refractivity contribution is 0.0513. The first-order valence-corrected chi connectivity index (χ1v) is 5.67. The molecule has 0 aliphatic rings. The number of aryl methyl sites for hydroxylation is 1. The van der Waals surface area contributed by atoms with Gasteiger partial charge in [-0.1, -0.05) is 6.92 Å². The summed E-state index contributed by atoms with van der Waals surface area (Å²) in [5.41, 5.74) is -0.428. The first-order valence-electron chi connectivity index (χ1n) is 5.67. The van der Waals surface area contributed by atoms with Crippen molar-refractivity contribution < 1.29 is 29.0 Å². The van der Waals surface area contributed by atoms with Crippen molar-refractivity contribution in [1.29, 1.82) is 0 Å². The highest BCUT2D eigenvalue weighted by Crippen LogP contribution is 2.29. The Hall–Kier alpha value is -1.82. The van der Waals surface area contributed by atoms with Crippen molar-refractivity contribution in [1.82, 2.24) is 0 Å². The Labute approximate surface area is 104 Å². The second kappa shape index (κ2) is 5.68. The molecule has 100 valence electrons. The van der Waals surface area contributed by atoms with Crippen LogP contribution in [0.25, 0.3) is 0 Å². The van der Waals surface area contributed by atoms with Crippen LogP contribution in [0.3, 0.4) is 0 Å². The van der Waals surface area contributed by atoms with E-state index in [1.807, 2.05) is 0 Å². The zero-order valence-electron chi connectivity index (χ0n) is 10.5. The molecule has 0 bridgehead atoms. The van der Waals surface area contributed by atoms with E-state index in [1.54, 1.807) is 13.8 Å². The second-order valence-electron chi connectivity index (χ2n) is 3.69. The van der Waals surface area contributed by atoms with Gasteiger partial charge in [-0.25, -0.2) is 9.59 Å². The van der Waals surface area contributed by atoms with Crippen LogP contribution >= 0.6 is 0 Å². The minimum atomic E-state index is -1.32. The monoisotopic (exact) mass is 256 g/mol. The number of carboxylic acid groups (broad SMARTS) is 1. The largest absolute Gasteiger partial charge is 0.478 e. The summed E-state index contributed by atoms with van der Waals surface area (Å²) >= 11 is 0. The van der Waals surface area contributed by atoms with E-state index in [9.17, 15) is 14.7 Å². The van der Waals surface area contributed by atoms with Crippen molar-refractivity contribution in [2.75, 3.05) is 6.61 Å². The fourth-order valence-electron chi connectivity index (χ4n) is 1.67. The lowest BCUT2D eigenvalue weighted by Crippen LogP contribution is -2.13. The number of carbonyl (C=O) groups is 2. The van der Waals surface area contributed by atoms with Crippen LogP contribution in [-0.2, 0) is 11.2 Å². The molecule has 1 aromatic heterocycles. The molecule has 0 fully saturated rings. The number of ether oxygens (including phenoxy) is 1. The van der Waals surface area contributed by atoms with Crippen LogP contribution in [-0.4, -0.2) is 28.8 Å². The Balaban J connectivity index is 3.45. The predicted octanol–water partition coefficient (Wildman–Crippen LogP) is 1.77. The number of aliphatic hydroxyl groups is 1. The van der Waals surface area contributed by atoms with Gasteiger partial charge in [-0.2, -0.15) is 0 Å². The third kappa shape index (κ3) is 2.53. The summed E-state index contributed by atoms with van der Waals surface area (Å²) < 4.78 is 10.1.